The van der Waals surface area contributed by atoms with E-state index in [1.165, 1.54) is 0 Å². The average Bonchev–Trinajstić information content (AvgIpc) is 2.47. The molecular formula is C14H14N2O3. The Kier molecular flexibility index (Phi) is 3.05. The zero-order valence-electron chi connectivity index (χ0n) is 10.4. The predicted molar refractivity (Wildman–Crippen MR) is 71.7 cm³/mol. The van der Waals surface area contributed by atoms with E-state index in [0.29, 0.717) is 29.7 Å². The lowest BCUT2D eigenvalue weighted by Gasteiger charge is -2.27. The molecule has 5 heteroatoms. The molecule has 0 unspecified atom stereocenters. The van der Waals surface area contributed by atoms with Crippen LogP contribution in [0.25, 0.3) is 10.9 Å². The van der Waals surface area contributed by atoms with Crippen molar-refractivity contribution >= 4 is 22.7 Å². The Balaban J connectivity index is 2.04. The number of carboxylic acids is 1. The molecule has 0 radical (unpaired) electrons. The van der Waals surface area contributed by atoms with Crippen LogP contribution in [0, 0.1) is 0 Å². The molecule has 5 nitrogen and oxygen atoms in total. The standard InChI is InChI=1S/C14H14N2O3/c17-14(18)11-2-1-3-12-10(11)4-5-13(15-12)16-6-8-19-9-7-16/h1-5H,6-9H2,(H,17,18). The minimum atomic E-state index is -0.925. The number of rotatable bonds is 2. The van der Waals surface area contributed by atoms with E-state index < -0.39 is 5.97 Å². The molecule has 1 aromatic carbocycles. The molecule has 3 rings (SSSR count). The first kappa shape index (κ1) is 11.9. The summed E-state index contributed by atoms with van der Waals surface area (Å²) in [4.78, 5) is 17.8. The number of nitrogens with zero attached hydrogens (tertiary/aromatic N) is 2. The van der Waals surface area contributed by atoms with Gasteiger partial charge in [0.1, 0.15) is 5.82 Å². The van der Waals surface area contributed by atoms with Gasteiger partial charge < -0.3 is 14.7 Å². The molecule has 0 spiro atoms. The van der Waals surface area contributed by atoms with Gasteiger partial charge in [0.15, 0.2) is 0 Å². The summed E-state index contributed by atoms with van der Waals surface area (Å²) >= 11 is 0. The number of carbonyl (C=O) groups is 1. The Morgan fingerprint density at radius 1 is 1.21 bits per heavy atom. The van der Waals surface area contributed by atoms with Gasteiger partial charge in [0.05, 0.1) is 24.3 Å². The third-order valence-corrected chi connectivity index (χ3v) is 3.28. The number of aromatic nitrogens is 1. The van der Waals surface area contributed by atoms with E-state index in [-0.39, 0.29) is 0 Å². The van der Waals surface area contributed by atoms with Crippen molar-refractivity contribution < 1.29 is 14.6 Å². The summed E-state index contributed by atoms with van der Waals surface area (Å²) in [6.45, 7) is 3.04. The lowest BCUT2D eigenvalue weighted by molar-refractivity contribution is 0.0699. The molecule has 1 aliphatic heterocycles. The summed E-state index contributed by atoms with van der Waals surface area (Å²) in [5.74, 6) is -0.0511. The van der Waals surface area contributed by atoms with Crippen molar-refractivity contribution in [1.82, 2.24) is 4.98 Å². The van der Waals surface area contributed by atoms with Crippen LogP contribution in [0.15, 0.2) is 30.3 Å². The van der Waals surface area contributed by atoms with Crippen molar-refractivity contribution in [2.24, 2.45) is 0 Å². The summed E-state index contributed by atoms with van der Waals surface area (Å²) < 4.78 is 5.31. The molecule has 0 amide bonds. The van der Waals surface area contributed by atoms with Crippen LogP contribution in [0.2, 0.25) is 0 Å². The lowest BCUT2D eigenvalue weighted by Crippen LogP contribution is -2.36. The highest BCUT2D eigenvalue weighted by atomic mass is 16.5. The normalized spacial score (nSPS) is 15.7. The van der Waals surface area contributed by atoms with Gasteiger partial charge in [0, 0.05) is 18.5 Å². The number of fused-ring (bicyclic) bond motifs is 1. The molecule has 2 heterocycles. The molecule has 19 heavy (non-hydrogen) atoms. The predicted octanol–water partition coefficient (Wildman–Crippen LogP) is 1.77. The molecule has 0 atom stereocenters. The van der Waals surface area contributed by atoms with Crippen molar-refractivity contribution in [3.8, 4) is 0 Å². The Morgan fingerprint density at radius 2 is 2.00 bits per heavy atom. The first-order valence-corrected chi connectivity index (χ1v) is 6.21. The van der Waals surface area contributed by atoms with Crippen LogP contribution in [0.5, 0.6) is 0 Å². The van der Waals surface area contributed by atoms with E-state index in [9.17, 15) is 4.79 Å². The van der Waals surface area contributed by atoms with Crippen LogP contribution < -0.4 is 4.90 Å². The Labute approximate surface area is 110 Å². The Morgan fingerprint density at radius 3 is 2.74 bits per heavy atom. The summed E-state index contributed by atoms with van der Waals surface area (Å²) in [5, 5.41) is 9.82. The van der Waals surface area contributed by atoms with E-state index >= 15 is 0 Å². The van der Waals surface area contributed by atoms with Gasteiger partial charge in [-0.3, -0.25) is 0 Å². The fourth-order valence-electron chi connectivity index (χ4n) is 2.30. The zero-order valence-corrected chi connectivity index (χ0v) is 10.4. The van der Waals surface area contributed by atoms with Gasteiger partial charge >= 0.3 is 5.97 Å². The maximum Gasteiger partial charge on any atom is 0.336 e. The van der Waals surface area contributed by atoms with E-state index in [2.05, 4.69) is 9.88 Å². The number of pyridine rings is 1. The van der Waals surface area contributed by atoms with Gasteiger partial charge in [0.25, 0.3) is 0 Å². The van der Waals surface area contributed by atoms with E-state index in [1.54, 1.807) is 12.1 Å². The average molecular weight is 258 g/mol. The SMILES string of the molecule is O=C(O)c1cccc2nc(N3CCOCC3)ccc12. The third-order valence-electron chi connectivity index (χ3n) is 3.28. The highest BCUT2D eigenvalue weighted by Gasteiger charge is 2.14. The monoisotopic (exact) mass is 258 g/mol. The van der Waals surface area contributed by atoms with Crippen LogP contribution in [0.1, 0.15) is 10.4 Å². The van der Waals surface area contributed by atoms with Crippen molar-refractivity contribution in [2.45, 2.75) is 0 Å². The van der Waals surface area contributed by atoms with Gasteiger partial charge in [-0.25, -0.2) is 9.78 Å². The summed E-state index contributed by atoms with van der Waals surface area (Å²) in [7, 11) is 0. The topological polar surface area (TPSA) is 62.7 Å². The third kappa shape index (κ3) is 2.24. The number of hydrogen-bond acceptors (Lipinski definition) is 4. The van der Waals surface area contributed by atoms with Crippen LogP contribution >= 0.6 is 0 Å². The number of anilines is 1. The Hall–Kier alpha value is -2.14. The molecule has 1 aliphatic rings. The molecule has 1 aromatic heterocycles. The molecule has 1 N–H and O–H groups in total. The van der Waals surface area contributed by atoms with Gasteiger partial charge in [-0.1, -0.05) is 6.07 Å². The number of carboxylic acid groups (broad SMARTS) is 1. The minimum Gasteiger partial charge on any atom is -0.478 e. The Bertz CT molecular complexity index is 621. The summed E-state index contributed by atoms with van der Waals surface area (Å²) in [6, 6.07) is 8.87. The quantitative estimate of drug-likeness (QED) is 0.889. The second-order valence-electron chi connectivity index (χ2n) is 4.45. The fourth-order valence-corrected chi connectivity index (χ4v) is 2.30. The van der Waals surface area contributed by atoms with E-state index in [1.807, 2.05) is 18.2 Å². The first-order valence-electron chi connectivity index (χ1n) is 6.21. The smallest absolute Gasteiger partial charge is 0.336 e. The molecule has 0 aliphatic carbocycles. The van der Waals surface area contributed by atoms with Gasteiger partial charge in [-0.05, 0) is 24.3 Å². The fraction of sp³-hybridized carbons (Fsp3) is 0.286. The number of morpholine rings is 1. The van der Waals surface area contributed by atoms with Gasteiger partial charge in [-0.2, -0.15) is 0 Å². The molecule has 0 bridgehead atoms. The first-order chi connectivity index (χ1) is 9.25. The van der Waals surface area contributed by atoms with Gasteiger partial charge in [-0.15, -0.1) is 0 Å². The van der Waals surface area contributed by atoms with E-state index in [0.717, 1.165) is 18.9 Å². The van der Waals surface area contributed by atoms with Crippen molar-refractivity contribution in [3.63, 3.8) is 0 Å². The highest BCUT2D eigenvalue weighted by Crippen LogP contribution is 2.22. The molecule has 1 fully saturated rings. The lowest BCUT2D eigenvalue weighted by atomic mass is 10.1. The van der Waals surface area contributed by atoms with E-state index in [4.69, 9.17) is 9.84 Å². The molecule has 98 valence electrons. The number of aromatic carboxylic acids is 1. The molecule has 1 saturated heterocycles. The summed E-state index contributed by atoms with van der Waals surface area (Å²) in [5.41, 5.74) is 1.00. The van der Waals surface area contributed by atoms with Crippen molar-refractivity contribution in [3.05, 3.63) is 35.9 Å². The minimum absolute atomic E-state index is 0.290. The second kappa shape index (κ2) is 4.85. The van der Waals surface area contributed by atoms with Crippen molar-refractivity contribution in [1.29, 1.82) is 0 Å². The van der Waals surface area contributed by atoms with Crippen LogP contribution in [0.4, 0.5) is 5.82 Å². The number of hydrogen-bond donors (Lipinski definition) is 1. The molecule has 0 saturated carbocycles. The van der Waals surface area contributed by atoms with Crippen LogP contribution in [-0.2, 0) is 4.74 Å². The number of benzene rings is 1. The maximum atomic E-state index is 11.1. The molecular weight excluding hydrogens is 244 g/mol. The zero-order chi connectivity index (χ0) is 13.2. The number of ether oxygens (including phenoxy) is 1. The van der Waals surface area contributed by atoms with Crippen LogP contribution in [-0.4, -0.2) is 42.4 Å². The molecule has 2 aromatic rings. The van der Waals surface area contributed by atoms with Crippen molar-refractivity contribution in [2.75, 3.05) is 31.2 Å². The van der Waals surface area contributed by atoms with Gasteiger partial charge in [0.2, 0.25) is 0 Å². The second-order valence-corrected chi connectivity index (χ2v) is 4.45. The van der Waals surface area contributed by atoms with Crippen LogP contribution in [0.3, 0.4) is 0 Å². The largest absolute Gasteiger partial charge is 0.478 e. The highest BCUT2D eigenvalue weighted by molar-refractivity contribution is 6.02. The maximum absolute atomic E-state index is 11.1. The summed E-state index contributed by atoms with van der Waals surface area (Å²) in [6.07, 6.45) is 0.